The summed E-state index contributed by atoms with van der Waals surface area (Å²) >= 11 is 6.46. The molecule has 2 atom stereocenters. The molecular formula is C24H23ClN4O3. The van der Waals surface area contributed by atoms with Gasteiger partial charge in [0.2, 0.25) is 0 Å². The number of hydrogen-bond acceptors (Lipinski definition) is 6. The highest BCUT2D eigenvalue weighted by molar-refractivity contribution is 6.31. The van der Waals surface area contributed by atoms with Crippen molar-refractivity contribution in [1.29, 1.82) is 5.26 Å². The van der Waals surface area contributed by atoms with Crippen molar-refractivity contribution in [3.8, 4) is 6.07 Å². The van der Waals surface area contributed by atoms with Crippen molar-refractivity contribution < 1.29 is 14.3 Å². The van der Waals surface area contributed by atoms with E-state index in [0.717, 1.165) is 42.5 Å². The molecule has 0 radical (unpaired) electrons. The maximum atomic E-state index is 13.3. The van der Waals surface area contributed by atoms with Gasteiger partial charge in [0.05, 0.1) is 42.1 Å². The number of carbonyl (C=O) groups excluding carboxylic acids is 1. The molecule has 6 rings (SSSR count). The van der Waals surface area contributed by atoms with Gasteiger partial charge in [0.25, 0.3) is 5.91 Å². The topological polar surface area (TPSA) is 88.3 Å². The first kappa shape index (κ1) is 20.1. The number of benzene rings is 1. The summed E-state index contributed by atoms with van der Waals surface area (Å²) in [4.78, 5) is 23.7. The lowest BCUT2D eigenvalue weighted by molar-refractivity contribution is -0.177. The van der Waals surface area contributed by atoms with Gasteiger partial charge in [0.1, 0.15) is 6.23 Å². The fourth-order valence-corrected chi connectivity index (χ4v) is 5.55. The van der Waals surface area contributed by atoms with Crippen molar-refractivity contribution >= 4 is 17.5 Å². The van der Waals surface area contributed by atoms with Gasteiger partial charge >= 0.3 is 0 Å². The lowest BCUT2D eigenvalue weighted by atomic mass is 9.76. The van der Waals surface area contributed by atoms with Crippen LogP contribution < -0.4 is 0 Å². The van der Waals surface area contributed by atoms with E-state index in [1.54, 1.807) is 18.6 Å². The second kappa shape index (κ2) is 7.24. The van der Waals surface area contributed by atoms with E-state index >= 15 is 0 Å². The molecule has 4 aliphatic rings. The van der Waals surface area contributed by atoms with Gasteiger partial charge in [0.15, 0.2) is 5.60 Å². The highest BCUT2D eigenvalue weighted by atomic mass is 35.5. The molecule has 1 amide bonds. The number of ether oxygens (including phenoxy) is 2. The van der Waals surface area contributed by atoms with Crippen LogP contribution in [0.1, 0.15) is 61.4 Å². The van der Waals surface area contributed by atoms with Crippen LogP contribution in [-0.4, -0.2) is 38.7 Å². The van der Waals surface area contributed by atoms with Crippen LogP contribution in [0, 0.1) is 11.3 Å². The molecule has 1 aromatic carbocycles. The van der Waals surface area contributed by atoms with Gasteiger partial charge in [-0.05, 0) is 42.9 Å². The summed E-state index contributed by atoms with van der Waals surface area (Å²) in [6, 6.07) is 8.15. The molecule has 2 aliphatic carbocycles. The van der Waals surface area contributed by atoms with Gasteiger partial charge in [0, 0.05) is 30.3 Å². The number of halogens is 1. The summed E-state index contributed by atoms with van der Waals surface area (Å²) < 4.78 is 12.3. The summed E-state index contributed by atoms with van der Waals surface area (Å²) in [5.74, 6) is 0.0455. The standard InChI is InChI=1S/C24H23ClN4O3/c25-18-9-16(23(14-26)5-6-23)2-1-15(18)13-31-17-10-24(11-17)22(30)29-20(3-4-21(29)32-24)19-12-27-7-8-28-19/h1-2,7-9,12,17,20-21H,3-6,10-11,13H2/t17?,20-,21?,24?/m0/s1. The molecule has 0 N–H and O–H groups in total. The Labute approximate surface area is 191 Å². The molecule has 7 nitrogen and oxygen atoms in total. The number of amides is 1. The van der Waals surface area contributed by atoms with Crippen LogP contribution in [0.5, 0.6) is 0 Å². The summed E-state index contributed by atoms with van der Waals surface area (Å²) in [6.45, 7) is 0.378. The number of aromatic nitrogens is 2. The van der Waals surface area contributed by atoms with E-state index in [9.17, 15) is 10.1 Å². The minimum Gasteiger partial charge on any atom is -0.373 e. The maximum absolute atomic E-state index is 13.3. The molecule has 4 fully saturated rings. The van der Waals surface area contributed by atoms with Crippen LogP contribution in [0.25, 0.3) is 0 Å². The predicted molar refractivity (Wildman–Crippen MR) is 114 cm³/mol. The van der Waals surface area contributed by atoms with Crippen molar-refractivity contribution in [3.05, 3.63) is 58.6 Å². The van der Waals surface area contributed by atoms with E-state index in [1.165, 1.54) is 0 Å². The van der Waals surface area contributed by atoms with Crippen LogP contribution in [0.15, 0.2) is 36.8 Å². The normalized spacial score (nSPS) is 31.9. The fourth-order valence-electron chi connectivity index (χ4n) is 5.31. The largest absolute Gasteiger partial charge is 0.373 e. The molecule has 3 heterocycles. The third-order valence-corrected chi connectivity index (χ3v) is 7.75. The molecule has 1 aromatic heterocycles. The highest BCUT2D eigenvalue weighted by Crippen LogP contribution is 2.52. The van der Waals surface area contributed by atoms with E-state index in [-0.39, 0.29) is 29.7 Å². The van der Waals surface area contributed by atoms with E-state index in [2.05, 4.69) is 16.0 Å². The van der Waals surface area contributed by atoms with E-state index in [1.807, 2.05) is 23.1 Å². The van der Waals surface area contributed by atoms with E-state index in [0.29, 0.717) is 24.5 Å². The Hall–Kier alpha value is -2.53. The molecule has 2 saturated carbocycles. The van der Waals surface area contributed by atoms with Crippen molar-refractivity contribution in [2.75, 3.05) is 0 Å². The van der Waals surface area contributed by atoms with Gasteiger partial charge in [-0.1, -0.05) is 23.7 Å². The highest BCUT2D eigenvalue weighted by Gasteiger charge is 2.63. The zero-order valence-corrected chi connectivity index (χ0v) is 18.3. The van der Waals surface area contributed by atoms with Crippen LogP contribution in [0.3, 0.4) is 0 Å². The Balaban J connectivity index is 1.08. The minimum atomic E-state index is -0.769. The van der Waals surface area contributed by atoms with Gasteiger partial charge < -0.3 is 14.4 Å². The van der Waals surface area contributed by atoms with Gasteiger partial charge in [-0.25, -0.2) is 0 Å². The third-order valence-electron chi connectivity index (χ3n) is 7.40. The quantitative estimate of drug-likeness (QED) is 0.688. The Morgan fingerprint density at radius 2 is 2.12 bits per heavy atom. The Morgan fingerprint density at radius 1 is 1.28 bits per heavy atom. The lowest BCUT2D eigenvalue weighted by Crippen LogP contribution is -2.54. The van der Waals surface area contributed by atoms with E-state index < -0.39 is 5.60 Å². The Bertz CT molecular complexity index is 1110. The molecule has 2 aromatic rings. The second-order valence-corrected chi connectivity index (χ2v) is 9.75. The number of carbonyl (C=O) groups is 1. The molecule has 1 spiro atoms. The molecule has 0 bridgehead atoms. The maximum Gasteiger partial charge on any atom is 0.257 e. The average Bonchev–Trinajstić information content (AvgIpc) is 3.40. The van der Waals surface area contributed by atoms with Crippen molar-refractivity contribution in [1.82, 2.24) is 14.9 Å². The molecule has 2 saturated heterocycles. The number of rotatable bonds is 5. The summed E-state index contributed by atoms with van der Waals surface area (Å²) in [7, 11) is 0. The van der Waals surface area contributed by atoms with Crippen molar-refractivity contribution in [3.63, 3.8) is 0 Å². The zero-order valence-electron chi connectivity index (χ0n) is 17.5. The van der Waals surface area contributed by atoms with E-state index in [4.69, 9.17) is 21.1 Å². The van der Waals surface area contributed by atoms with Crippen LogP contribution in [0.4, 0.5) is 0 Å². The molecule has 32 heavy (non-hydrogen) atoms. The van der Waals surface area contributed by atoms with Gasteiger partial charge in [-0.15, -0.1) is 0 Å². The minimum absolute atomic E-state index is 0.0430. The zero-order chi connectivity index (χ0) is 21.9. The van der Waals surface area contributed by atoms with Crippen LogP contribution in [-0.2, 0) is 26.3 Å². The number of hydrogen-bond donors (Lipinski definition) is 0. The molecule has 8 heteroatoms. The first-order valence-electron chi connectivity index (χ1n) is 11.1. The number of fused-ring (bicyclic) bond motifs is 1. The molecular weight excluding hydrogens is 428 g/mol. The summed E-state index contributed by atoms with van der Waals surface area (Å²) in [6.07, 6.45) is 9.35. The average molecular weight is 451 g/mol. The van der Waals surface area contributed by atoms with Crippen LogP contribution in [0.2, 0.25) is 5.02 Å². The van der Waals surface area contributed by atoms with Crippen molar-refractivity contribution in [2.24, 2.45) is 0 Å². The molecule has 1 unspecified atom stereocenters. The molecule has 2 aliphatic heterocycles. The third kappa shape index (κ3) is 3.05. The Kier molecular flexibility index (Phi) is 4.55. The number of nitriles is 1. The Morgan fingerprint density at radius 3 is 2.81 bits per heavy atom. The second-order valence-electron chi connectivity index (χ2n) is 9.34. The SMILES string of the molecule is N#CC1(c2ccc(COC3CC4(C3)OC3CC[C@@H](c5cnccn5)N3C4=O)c(Cl)c2)CC1. The fraction of sp³-hybridized carbons (Fsp3) is 0.500. The van der Waals surface area contributed by atoms with Gasteiger partial charge in [-0.2, -0.15) is 5.26 Å². The van der Waals surface area contributed by atoms with Crippen molar-refractivity contribution in [2.45, 2.75) is 74.5 Å². The van der Waals surface area contributed by atoms with Gasteiger partial charge in [-0.3, -0.25) is 14.8 Å². The predicted octanol–water partition coefficient (Wildman–Crippen LogP) is 3.82. The monoisotopic (exact) mass is 450 g/mol. The lowest BCUT2D eigenvalue weighted by Gasteiger charge is -2.42. The summed E-state index contributed by atoms with van der Waals surface area (Å²) in [5.41, 5.74) is 1.58. The molecule has 164 valence electrons. The first-order chi connectivity index (χ1) is 15.5. The van der Waals surface area contributed by atoms with Crippen LogP contribution >= 0.6 is 11.6 Å². The smallest absolute Gasteiger partial charge is 0.257 e. The first-order valence-corrected chi connectivity index (χ1v) is 11.5. The number of nitrogens with zero attached hydrogens (tertiary/aromatic N) is 4. The summed E-state index contributed by atoms with van der Waals surface area (Å²) in [5, 5.41) is 10.0.